The van der Waals surface area contributed by atoms with Crippen molar-refractivity contribution in [2.24, 2.45) is 5.92 Å². The van der Waals surface area contributed by atoms with Gasteiger partial charge in [0.15, 0.2) is 5.82 Å². The van der Waals surface area contributed by atoms with E-state index in [0.29, 0.717) is 16.7 Å². The maximum absolute atomic E-state index is 12.7. The first kappa shape index (κ1) is 18.9. The average molecular weight is 396 g/mol. The Morgan fingerprint density at radius 3 is 2.82 bits per heavy atom. The first-order chi connectivity index (χ1) is 13.7. The van der Waals surface area contributed by atoms with E-state index in [1.807, 2.05) is 24.3 Å². The standard InChI is InChI=1S/C22H25N3O2S/c1-2-3-7-14-27-18-12-10-17(11-13-18)20-23-22-25(24-20)21(26)19(28-22)15-16-8-5-4-6-9-16/h4-5,10-13,15-16H,2-3,6-9,14H2,1H3/b19-15-. The van der Waals surface area contributed by atoms with Crippen LogP contribution in [0.2, 0.25) is 0 Å². The molecule has 0 saturated carbocycles. The van der Waals surface area contributed by atoms with Crippen molar-refractivity contribution in [3.05, 3.63) is 51.3 Å². The van der Waals surface area contributed by atoms with Crippen molar-refractivity contribution in [1.29, 1.82) is 0 Å². The lowest BCUT2D eigenvalue weighted by Crippen LogP contribution is -2.25. The quantitative estimate of drug-likeness (QED) is 0.443. The number of rotatable bonds is 7. The molecule has 0 spiro atoms. The molecule has 5 nitrogen and oxygen atoms in total. The summed E-state index contributed by atoms with van der Waals surface area (Å²) in [6, 6.07) is 7.76. The number of hydrogen-bond donors (Lipinski definition) is 0. The molecule has 0 saturated heterocycles. The molecule has 0 amide bonds. The number of nitrogens with zero attached hydrogens (tertiary/aromatic N) is 3. The number of fused-ring (bicyclic) bond motifs is 1. The molecule has 146 valence electrons. The van der Waals surface area contributed by atoms with Gasteiger partial charge < -0.3 is 4.74 Å². The Morgan fingerprint density at radius 1 is 1.25 bits per heavy atom. The summed E-state index contributed by atoms with van der Waals surface area (Å²) in [5.41, 5.74) is 0.823. The largest absolute Gasteiger partial charge is 0.494 e. The first-order valence-electron chi connectivity index (χ1n) is 10.0. The van der Waals surface area contributed by atoms with Crippen molar-refractivity contribution in [3.8, 4) is 17.1 Å². The molecule has 1 atom stereocenters. The van der Waals surface area contributed by atoms with Crippen molar-refractivity contribution in [1.82, 2.24) is 14.6 Å². The van der Waals surface area contributed by atoms with E-state index in [1.165, 1.54) is 28.7 Å². The van der Waals surface area contributed by atoms with Crippen LogP contribution in [0.1, 0.15) is 45.4 Å². The van der Waals surface area contributed by atoms with Gasteiger partial charge in [0.1, 0.15) is 5.75 Å². The van der Waals surface area contributed by atoms with E-state index < -0.39 is 0 Å². The lowest BCUT2D eigenvalue weighted by Gasteiger charge is -2.11. The molecule has 28 heavy (non-hydrogen) atoms. The molecule has 0 aliphatic heterocycles. The zero-order valence-electron chi connectivity index (χ0n) is 16.1. The summed E-state index contributed by atoms with van der Waals surface area (Å²) in [5, 5.41) is 4.44. The molecule has 1 aromatic carbocycles. The Kier molecular flexibility index (Phi) is 5.86. The molecule has 1 aliphatic carbocycles. The van der Waals surface area contributed by atoms with Crippen LogP contribution in [0.15, 0.2) is 41.2 Å². The van der Waals surface area contributed by atoms with Crippen LogP contribution in [-0.4, -0.2) is 21.2 Å². The minimum atomic E-state index is -0.0656. The predicted octanol–water partition coefficient (Wildman–Crippen LogP) is 4.24. The lowest BCUT2D eigenvalue weighted by atomic mass is 9.94. The average Bonchev–Trinajstić information content (AvgIpc) is 3.26. The molecule has 3 aromatic rings. The number of thiazole rings is 1. The predicted molar refractivity (Wildman–Crippen MR) is 114 cm³/mol. The van der Waals surface area contributed by atoms with Gasteiger partial charge in [-0.1, -0.05) is 49.3 Å². The topological polar surface area (TPSA) is 56.5 Å². The van der Waals surface area contributed by atoms with E-state index in [-0.39, 0.29) is 5.56 Å². The fourth-order valence-electron chi connectivity index (χ4n) is 3.39. The number of ether oxygens (including phenoxy) is 1. The molecule has 2 heterocycles. The van der Waals surface area contributed by atoms with Crippen molar-refractivity contribution >= 4 is 22.4 Å². The molecule has 0 fully saturated rings. The fourth-order valence-corrected chi connectivity index (χ4v) is 4.37. The molecular formula is C22H25N3O2S. The Morgan fingerprint density at radius 2 is 2.11 bits per heavy atom. The van der Waals surface area contributed by atoms with E-state index >= 15 is 0 Å². The van der Waals surface area contributed by atoms with Gasteiger partial charge in [0.25, 0.3) is 5.56 Å². The van der Waals surface area contributed by atoms with E-state index in [0.717, 1.165) is 48.1 Å². The number of aromatic nitrogens is 3. The highest BCUT2D eigenvalue weighted by molar-refractivity contribution is 7.15. The van der Waals surface area contributed by atoms with Gasteiger partial charge in [-0.15, -0.1) is 5.10 Å². The molecular weight excluding hydrogens is 370 g/mol. The van der Waals surface area contributed by atoms with E-state index in [9.17, 15) is 4.79 Å². The van der Waals surface area contributed by atoms with Gasteiger partial charge in [0.2, 0.25) is 4.96 Å². The zero-order chi connectivity index (χ0) is 19.3. The summed E-state index contributed by atoms with van der Waals surface area (Å²) in [4.78, 5) is 17.9. The van der Waals surface area contributed by atoms with Crippen molar-refractivity contribution < 1.29 is 4.74 Å². The summed E-state index contributed by atoms with van der Waals surface area (Å²) in [7, 11) is 0. The van der Waals surface area contributed by atoms with Gasteiger partial charge in [0, 0.05) is 5.56 Å². The van der Waals surface area contributed by atoms with Crippen LogP contribution in [0, 0.1) is 5.92 Å². The normalized spacial score (nSPS) is 17.5. The van der Waals surface area contributed by atoms with Gasteiger partial charge in [-0.25, -0.2) is 0 Å². The SMILES string of the molecule is CCCCCOc1ccc(-c2nc3s/c(=C\C4CC=CCC4)c(=O)n3n2)cc1. The number of benzene rings is 1. The molecule has 1 unspecified atom stereocenters. The summed E-state index contributed by atoms with van der Waals surface area (Å²) >= 11 is 1.42. The van der Waals surface area contributed by atoms with Crippen LogP contribution in [0.4, 0.5) is 0 Å². The Labute approximate surface area is 168 Å². The highest BCUT2D eigenvalue weighted by Gasteiger charge is 2.14. The van der Waals surface area contributed by atoms with Crippen LogP contribution in [0.25, 0.3) is 22.4 Å². The highest BCUT2D eigenvalue weighted by atomic mass is 32.1. The summed E-state index contributed by atoms with van der Waals surface area (Å²) in [6.07, 6.45) is 13.1. The minimum absolute atomic E-state index is 0.0656. The van der Waals surface area contributed by atoms with Crippen molar-refractivity contribution in [3.63, 3.8) is 0 Å². The van der Waals surface area contributed by atoms with E-state index in [2.05, 4.69) is 35.2 Å². The van der Waals surface area contributed by atoms with Crippen molar-refractivity contribution in [2.75, 3.05) is 6.61 Å². The van der Waals surface area contributed by atoms with E-state index in [1.54, 1.807) is 0 Å². The third-order valence-electron chi connectivity index (χ3n) is 5.01. The van der Waals surface area contributed by atoms with Crippen LogP contribution in [-0.2, 0) is 0 Å². The summed E-state index contributed by atoms with van der Waals surface area (Å²) in [6.45, 7) is 2.92. The molecule has 6 heteroatoms. The first-order valence-corrected chi connectivity index (χ1v) is 10.9. The highest BCUT2D eigenvalue weighted by Crippen LogP contribution is 2.22. The van der Waals surface area contributed by atoms with Crippen LogP contribution in [0.3, 0.4) is 0 Å². The third kappa shape index (κ3) is 4.17. The Balaban J connectivity index is 1.51. The fraction of sp³-hybridized carbons (Fsp3) is 0.409. The number of hydrogen-bond acceptors (Lipinski definition) is 5. The second-order valence-corrected chi connectivity index (χ2v) is 8.20. The maximum Gasteiger partial charge on any atom is 0.290 e. The molecule has 0 radical (unpaired) electrons. The number of unbranched alkanes of at least 4 members (excludes halogenated alkanes) is 2. The van der Waals surface area contributed by atoms with E-state index in [4.69, 9.17) is 4.74 Å². The van der Waals surface area contributed by atoms with Gasteiger partial charge in [-0.2, -0.15) is 9.50 Å². The lowest BCUT2D eigenvalue weighted by molar-refractivity contribution is 0.306. The molecule has 1 aliphatic rings. The summed E-state index contributed by atoms with van der Waals surface area (Å²) < 4.78 is 7.93. The monoisotopic (exact) mass is 395 g/mol. The molecule has 2 aromatic heterocycles. The number of allylic oxidation sites excluding steroid dienone is 2. The van der Waals surface area contributed by atoms with Gasteiger partial charge in [0.05, 0.1) is 11.1 Å². The minimum Gasteiger partial charge on any atom is -0.494 e. The Bertz CT molecular complexity index is 1070. The smallest absolute Gasteiger partial charge is 0.290 e. The van der Waals surface area contributed by atoms with Crippen LogP contribution >= 0.6 is 11.3 Å². The second kappa shape index (κ2) is 8.69. The van der Waals surface area contributed by atoms with Gasteiger partial charge in [-0.3, -0.25) is 4.79 Å². The van der Waals surface area contributed by atoms with Gasteiger partial charge in [-0.05, 0) is 55.9 Å². The molecule has 4 rings (SSSR count). The van der Waals surface area contributed by atoms with Crippen LogP contribution in [0.5, 0.6) is 5.75 Å². The molecule has 0 bridgehead atoms. The third-order valence-corrected chi connectivity index (χ3v) is 5.99. The van der Waals surface area contributed by atoms with Crippen LogP contribution < -0.4 is 14.8 Å². The van der Waals surface area contributed by atoms with Crippen molar-refractivity contribution in [2.45, 2.75) is 45.4 Å². The second-order valence-electron chi connectivity index (χ2n) is 7.19. The van der Waals surface area contributed by atoms with Gasteiger partial charge >= 0.3 is 0 Å². The zero-order valence-corrected chi connectivity index (χ0v) is 17.0. The summed E-state index contributed by atoms with van der Waals surface area (Å²) in [5.74, 6) is 1.86. The molecule has 0 N–H and O–H groups in total. The maximum atomic E-state index is 12.7. The Hall–Kier alpha value is -2.47.